The van der Waals surface area contributed by atoms with E-state index in [9.17, 15) is 9.59 Å². The molecule has 0 unspecified atom stereocenters. The van der Waals surface area contributed by atoms with E-state index in [2.05, 4.69) is 21.2 Å². The van der Waals surface area contributed by atoms with Gasteiger partial charge in [0.15, 0.2) is 18.1 Å². The third-order valence-electron chi connectivity index (χ3n) is 4.76. The fourth-order valence-electron chi connectivity index (χ4n) is 2.87. The Bertz CT molecular complexity index is 1100. The zero-order valence-electron chi connectivity index (χ0n) is 17.4. The van der Waals surface area contributed by atoms with Crippen molar-refractivity contribution in [2.45, 2.75) is 13.8 Å². The number of methoxy groups -OCH3 is 1. The summed E-state index contributed by atoms with van der Waals surface area (Å²) in [6.07, 6.45) is 1.74. The number of hydrogen-bond acceptors (Lipinski definition) is 6. The Morgan fingerprint density at radius 3 is 2.71 bits per heavy atom. The molecule has 162 valence electrons. The van der Waals surface area contributed by atoms with E-state index >= 15 is 0 Å². The molecular weight excluding hydrogens is 500 g/mol. The number of aryl methyl sites for hydroxylation is 1. The van der Waals surface area contributed by atoms with E-state index in [-0.39, 0.29) is 18.4 Å². The molecule has 0 aromatic heterocycles. The normalized spacial score (nSPS) is 14.9. The van der Waals surface area contributed by atoms with Crippen LogP contribution in [0.4, 0.5) is 5.69 Å². The van der Waals surface area contributed by atoms with E-state index in [1.807, 2.05) is 32.0 Å². The van der Waals surface area contributed by atoms with Gasteiger partial charge in [0.25, 0.3) is 11.8 Å². The van der Waals surface area contributed by atoms with Crippen LogP contribution in [-0.4, -0.2) is 41.8 Å². The zero-order chi connectivity index (χ0) is 22.7. The molecule has 1 aliphatic rings. The lowest BCUT2D eigenvalue weighted by atomic mass is 10.1. The molecule has 1 heterocycles. The molecule has 0 bridgehead atoms. The Hall–Kier alpha value is -2.36. The Labute approximate surface area is 199 Å². The van der Waals surface area contributed by atoms with Crippen LogP contribution in [0.1, 0.15) is 16.7 Å². The summed E-state index contributed by atoms with van der Waals surface area (Å²) in [5.41, 5.74) is 3.60. The van der Waals surface area contributed by atoms with Gasteiger partial charge in [-0.05, 0) is 70.7 Å². The van der Waals surface area contributed by atoms with Gasteiger partial charge < -0.3 is 14.8 Å². The SMILES string of the molecule is COc1cc(/C=C2\SC(=S)N(C)C2=O)cc(Br)c1OCC(=O)Nc1cccc(C)c1C. The maximum atomic E-state index is 12.4. The van der Waals surface area contributed by atoms with Crippen molar-refractivity contribution in [2.75, 3.05) is 26.1 Å². The van der Waals surface area contributed by atoms with Crippen molar-refractivity contribution >= 4 is 67.8 Å². The molecule has 1 fully saturated rings. The van der Waals surface area contributed by atoms with Gasteiger partial charge in [-0.1, -0.05) is 36.1 Å². The van der Waals surface area contributed by atoms with E-state index < -0.39 is 0 Å². The third kappa shape index (κ3) is 5.28. The van der Waals surface area contributed by atoms with Crippen molar-refractivity contribution in [3.8, 4) is 11.5 Å². The number of halogens is 1. The van der Waals surface area contributed by atoms with Gasteiger partial charge in [0.1, 0.15) is 4.32 Å². The molecule has 0 atom stereocenters. The van der Waals surface area contributed by atoms with Crippen LogP contribution >= 0.6 is 39.9 Å². The number of benzene rings is 2. The molecule has 0 aliphatic carbocycles. The van der Waals surface area contributed by atoms with E-state index in [0.29, 0.717) is 25.2 Å². The number of ether oxygens (including phenoxy) is 2. The summed E-state index contributed by atoms with van der Waals surface area (Å²) < 4.78 is 12.3. The molecule has 0 spiro atoms. The largest absolute Gasteiger partial charge is 0.493 e. The van der Waals surface area contributed by atoms with Crippen LogP contribution in [0.5, 0.6) is 11.5 Å². The zero-order valence-corrected chi connectivity index (χ0v) is 20.7. The lowest BCUT2D eigenvalue weighted by Gasteiger charge is -2.14. The Balaban J connectivity index is 1.75. The van der Waals surface area contributed by atoms with Gasteiger partial charge in [-0.25, -0.2) is 0 Å². The molecule has 31 heavy (non-hydrogen) atoms. The van der Waals surface area contributed by atoms with Crippen LogP contribution in [0.2, 0.25) is 0 Å². The lowest BCUT2D eigenvalue weighted by Crippen LogP contribution is -2.22. The van der Waals surface area contributed by atoms with Crippen molar-refractivity contribution in [3.63, 3.8) is 0 Å². The Morgan fingerprint density at radius 2 is 2.06 bits per heavy atom. The molecule has 2 aromatic carbocycles. The summed E-state index contributed by atoms with van der Waals surface area (Å²) in [6.45, 7) is 3.76. The predicted molar refractivity (Wildman–Crippen MR) is 132 cm³/mol. The Kier molecular flexibility index (Phi) is 7.40. The van der Waals surface area contributed by atoms with Crippen LogP contribution < -0.4 is 14.8 Å². The smallest absolute Gasteiger partial charge is 0.265 e. The molecule has 0 saturated carbocycles. The molecule has 2 amide bonds. The van der Waals surface area contributed by atoms with Crippen LogP contribution in [0.25, 0.3) is 6.08 Å². The van der Waals surface area contributed by atoms with Crippen molar-refractivity contribution in [1.29, 1.82) is 0 Å². The monoisotopic (exact) mass is 520 g/mol. The van der Waals surface area contributed by atoms with E-state index in [1.54, 1.807) is 25.3 Å². The highest BCUT2D eigenvalue weighted by molar-refractivity contribution is 9.10. The minimum atomic E-state index is -0.279. The first kappa shape index (κ1) is 23.3. The summed E-state index contributed by atoms with van der Waals surface area (Å²) in [4.78, 5) is 26.6. The third-order valence-corrected chi connectivity index (χ3v) is 6.84. The number of carbonyl (C=O) groups excluding carboxylic acids is 2. The number of nitrogens with one attached hydrogen (secondary N) is 1. The quantitative estimate of drug-likeness (QED) is 0.430. The van der Waals surface area contributed by atoms with Gasteiger partial charge >= 0.3 is 0 Å². The standard InChI is InChI=1S/C22H21BrN2O4S2/c1-12-6-5-7-16(13(12)2)24-19(26)11-29-20-15(23)8-14(9-17(20)28-4)10-18-21(27)25(3)22(30)31-18/h5-10H,11H2,1-4H3,(H,24,26)/b18-10-. The molecule has 9 heteroatoms. The van der Waals surface area contributed by atoms with E-state index in [1.165, 1.54) is 23.8 Å². The minimum Gasteiger partial charge on any atom is -0.493 e. The first-order chi connectivity index (χ1) is 14.7. The number of hydrogen-bond donors (Lipinski definition) is 1. The van der Waals surface area contributed by atoms with Crippen molar-refractivity contribution in [1.82, 2.24) is 4.90 Å². The second-order valence-corrected chi connectivity index (χ2v) is 9.39. The van der Waals surface area contributed by atoms with Crippen molar-refractivity contribution < 1.29 is 19.1 Å². The van der Waals surface area contributed by atoms with Gasteiger partial charge in [-0.3, -0.25) is 14.5 Å². The molecule has 2 aromatic rings. The number of amides is 2. The summed E-state index contributed by atoms with van der Waals surface area (Å²) in [5, 5.41) is 2.86. The molecule has 1 saturated heterocycles. The summed E-state index contributed by atoms with van der Waals surface area (Å²) in [6, 6.07) is 9.27. The fourth-order valence-corrected chi connectivity index (χ4v) is 4.62. The van der Waals surface area contributed by atoms with Gasteiger partial charge in [0.2, 0.25) is 0 Å². The molecule has 6 nitrogen and oxygen atoms in total. The predicted octanol–water partition coefficient (Wildman–Crippen LogP) is 4.92. The second kappa shape index (κ2) is 9.84. The lowest BCUT2D eigenvalue weighted by molar-refractivity contribution is -0.121. The Morgan fingerprint density at radius 1 is 1.32 bits per heavy atom. The number of rotatable bonds is 6. The van der Waals surface area contributed by atoms with Crippen LogP contribution in [0.3, 0.4) is 0 Å². The van der Waals surface area contributed by atoms with Gasteiger partial charge in [-0.2, -0.15) is 0 Å². The second-order valence-electron chi connectivity index (χ2n) is 6.86. The molecule has 3 rings (SSSR count). The first-order valence-electron chi connectivity index (χ1n) is 9.29. The van der Waals surface area contributed by atoms with E-state index in [4.69, 9.17) is 21.7 Å². The first-order valence-corrected chi connectivity index (χ1v) is 11.3. The maximum Gasteiger partial charge on any atom is 0.265 e. The topological polar surface area (TPSA) is 67.9 Å². The van der Waals surface area contributed by atoms with E-state index in [0.717, 1.165) is 22.4 Å². The number of thiocarbonyl (C=S) groups is 1. The molecular formula is C22H21BrN2O4S2. The van der Waals surface area contributed by atoms with Crippen molar-refractivity contribution in [2.24, 2.45) is 0 Å². The number of carbonyl (C=O) groups is 2. The summed E-state index contributed by atoms with van der Waals surface area (Å²) >= 11 is 9.88. The fraction of sp³-hybridized carbons (Fsp3) is 0.227. The van der Waals surface area contributed by atoms with Gasteiger partial charge in [0.05, 0.1) is 16.5 Å². The minimum absolute atomic E-state index is 0.145. The summed E-state index contributed by atoms with van der Waals surface area (Å²) in [5.74, 6) is 0.415. The average Bonchev–Trinajstić information content (AvgIpc) is 2.96. The van der Waals surface area contributed by atoms with Crippen LogP contribution in [-0.2, 0) is 9.59 Å². The number of thioether (sulfide) groups is 1. The van der Waals surface area contributed by atoms with Crippen molar-refractivity contribution in [3.05, 3.63) is 56.4 Å². The number of likely N-dealkylation sites (N-methyl/N-ethyl adjacent to an activating group) is 1. The highest BCUT2D eigenvalue weighted by Gasteiger charge is 2.28. The molecule has 1 N–H and O–H groups in total. The van der Waals surface area contributed by atoms with Gasteiger partial charge in [0, 0.05) is 12.7 Å². The van der Waals surface area contributed by atoms with Crippen LogP contribution in [0.15, 0.2) is 39.7 Å². The number of anilines is 1. The maximum absolute atomic E-state index is 12.4. The summed E-state index contributed by atoms with van der Waals surface area (Å²) in [7, 11) is 3.16. The highest BCUT2D eigenvalue weighted by Crippen LogP contribution is 2.39. The molecule has 0 radical (unpaired) electrons. The highest BCUT2D eigenvalue weighted by atomic mass is 79.9. The van der Waals surface area contributed by atoms with Gasteiger partial charge in [-0.15, -0.1) is 0 Å². The van der Waals surface area contributed by atoms with Crippen LogP contribution in [0, 0.1) is 13.8 Å². The number of nitrogens with zero attached hydrogens (tertiary/aromatic N) is 1. The average molecular weight is 521 g/mol. The molecule has 1 aliphatic heterocycles.